The lowest BCUT2D eigenvalue weighted by Crippen LogP contribution is -2.05. The Bertz CT molecular complexity index is 405. The number of nitrogens with zero attached hydrogens (tertiary/aromatic N) is 1. The van der Waals surface area contributed by atoms with Crippen LogP contribution in [0.4, 0.5) is 4.39 Å². The van der Waals surface area contributed by atoms with Gasteiger partial charge in [-0.15, -0.1) is 0 Å². The van der Waals surface area contributed by atoms with Gasteiger partial charge in [0.2, 0.25) is 0 Å². The van der Waals surface area contributed by atoms with Crippen molar-refractivity contribution in [3.8, 4) is 6.07 Å². The summed E-state index contributed by atoms with van der Waals surface area (Å²) >= 11 is 0. The first-order chi connectivity index (χ1) is 7.77. The molecule has 0 unspecified atom stereocenters. The lowest BCUT2D eigenvalue weighted by Gasteiger charge is -1.99. The van der Waals surface area contributed by atoms with Crippen molar-refractivity contribution in [2.45, 2.75) is 12.8 Å². The fourth-order valence-corrected chi connectivity index (χ4v) is 1.35. The highest BCUT2D eigenvalue weighted by Gasteiger charge is 2.00. The van der Waals surface area contributed by atoms with Gasteiger partial charge < -0.3 is 5.32 Å². The molecule has 1 aromatic rings. The molecule has 3 heteroatoms. The minimum absolute atomic E-state index is 0.251. The van der Waals surface area contributed by atoms with Crippen molar-refractivity contribution in [1.82, 2.24) is 5.32 Å². The number of halogens is 1. The van der Waals surface area contributed by atoms with Crippen molar-refractivity contribution in [2.75, 3.05) is 13.6 Å². The molecule has 0 spiro atoms. The highest BCUT2D eigenvalue weighted by Crippen LogP contribution is 2.12. The maximum Gasteiger partial charge on any atom is 0.130 e. The van der Waals surface area contributed by atoms with Crippen LogP contribution in [0, 0.1) is 17.1 Å². The van der Waals surface area contributed by atoms with E-state index in [1.54, 1.807) is 18.2 Å². The second kappa shape index (κ2) is 6.76. The average Bonchev–Trinajstić information content (AvgIpc) is 2.27. The zero-order chi connectivity index (χ0) is 11.8. The summed E-state index contributed by atoms with van der Waals surface area (Å²) < 4.78 is 13.5. The molecular formula is C13H15FN2. The predicted octanol–water partition coefficient (Wildman–Crippen LogP) is 2.51. The summed E-state index contributed by atoms with van der Waals surface area (Å²) in [5, 5.41) is 11.5. The Balaban J connectivity index is 2.68. The lowest BCUT2D eigenvalue weighted by molar-refractivity contribution is 0.623. The van der Waals surface area contributed by atoms with Gasteiger partial charge in [0.25, 0.3) is 0 Å². The number of hydrogen-bond acceptors (Lipinski definition) is 2. The van der Waals surface area contributed by atoms with E-state index in [0.29, 0.717) is 11.1 Å². The van der Waals surface area contributed by atoms with Crippen LogP contribution < -0.4 is 5.32 Å². The van der Waals surface area contributed by atoms with Crippen molar-refractivity contribution in [1.29, 1.82) is 5.26 Å². The molecule has 0 aliphatic heterocycles. The normalized spacial score (nSPS) is 10.6. The van der Waals surface area contributed by atoms with E-state index in [9.17, 15) is 4.39 Å². The van der Waals surface area contributed by atoms with Crippen LogP contribution in [0.2, 0.25) is 0 Å². The third-order valence-corrected chi connectivity index (χ3v) is 2.21. The molecule has 0 saturated heterocycles. The first-order valence-corrected chi connectivity index (χ1v) is 5.24. The Hall–Kier alpha value is -1.66. The van der Waals surface area contributed by atoms with Crippen LogP contribution in [-0.4, -0.2) is 13.6 Å². The summed E-state index contributed by atoms with van der Waals surface area (Å²) in [7, 11) is 1.88. The van der Waals surface area contributed by atoms with Crippen LogP contribution in [0.25, 0.3) is 6.08 Å². The van der Waals surface area contributed by atoms with E-state index in [-0.39, 0.29) is 12.2 Å². The molecule has 2 nitrogen and oxygen atoms in total. The van der Waals surface area contributed by atoms with E-state index in [2.05, 4.69) is 5.32 Å². The maximum atomic E-state index is 13.5. The van der Waals surface area contributed by atoms with Gasteiger partial charge in [0.15, 0.2) is 0 Å². The monoisotopic (exact) mass is 218 g/mol. The summed E-state index contributed by atoms with van der Waals surface area (Å²) in [4.78, 5) is 0. The van der Waals surface area contributed by atoms with Crippen molar-refractivity contribution >= 4 is 6.08 Å². The number of benzene rings is 1. The van der Waals surface area contributed by atoms with Gasteiger partial charge in [-0.3, -0.25) is 0 Å². The van der Waals surface area contributed by atoms with Crippen molar-refractivity contribution in [3.05, 3.63) is 41.2 Å². The first kappa shape index (κ1) is 12.4. The molecule has 0 fully saturated rings. The number of rotatable bonds is 5. The highest BCUT2D eigenvalue weighted by molar-refractivity contribution is 5.50. The zero-order valence-corrected chi connectivity index (χ0v) is 9.33. The van der Waals surface area contributed by atoms with Crippen LogP contribution in [0.5, 0.6) is 0 Å². The fraction of sp³-hybridized carbons (Fsp3) is 0.308. The summed E-state index contributed by atoms with van der Waals surface area (Å²) in [6.07, 6.45) is 4.82. The second-order valence-corrected chi connectivity index (χ2v) is 3.49. The second-order valence-electron chi connectivity index (χ2n) is 3.49. The van der Waals surface area contributed by atoms with Gasteiger partial charge in [-0.05, 0) is 31.6 Å². The SMILES string of the molecule is CNCCC=Cc1ccc(CC#N)cc1F. The van der Waals surface area contributed by atoms with E-state index in [1.165, 1.54) is 6.07 Å². The molecule has 1 N–H and O–H groups in total. The quantitative estimate of drug-likeness (QED) is 0.771. The Morgan fingerprint density at radius 2 is 2.31 bits per heavy atom. The van der Waals surface area contributed by atoms with Gasteiger partial charge in [-0.25, -0.2) is 4.39 Å². The molecule has 0 aliphatic rings. The van der Waals surface area contributed by atoms with Gasteiger partial charge in [0.1, 0.15) is 5.82 Å². The van der Waals surface area contributed by atoms with Gasteiger partial charge in [0.05, 0.1) is 12.5 Å². The number of nitrogens with one attached hydrogen (secondary N) is 1. The van der Waals surface area contributed by atoms with Crippen LogP contribution in [0.1, 0.15) is 17.5 Å². The Kier molecular flexibility index (Phi) is 5.24. The fourth-order valence-electron chi connectivity index (χ4n) is 1.35. The van der Waals surface area contributed by atoms with Crippen molar-refractivity contribution in [3.63, 3.8) is 0 Å². The van der Waals surface area contributed by atoms with Crippen molar-refractivity contribution in [2.24, 2.45) is 0 Å². The Morgan fingerprint density at radius 3 is 2.94 bits per heavy atom. The molecule has 0 saturated carbocycles. The lowest BCUT2D eigenvalue weighted by atomic mass is 10.1. The van der Waals surface area contributed by atoms with E-state index in [1.807, 2.05) is 19.2 Å². The minimum Gasteiger partial charge on any atom is -0.319 e. The minimum atomic E-state index is -0.270. The zero-order valence-electron chi connectivity index (χ0n) is 9.33. The van der Waals surface area contributed by atoms with Crippen LogP contribution in [-0.2, 0) is 6.42 Å². The maximum absolute atomic E-state index is 13.5. The Labute approximate surface area is 95.4 Å². The molecule has 0 bridgehead atoms. The summed E-state index contributed by atoms with van der Waals surface area (Å²) in [6.45, 7) is 0.880. The molecule has 1 aromatic carbocycles. The van der Waals surface area contributed by atoms with Crippen LogP contribution >= 0.6 is 0 Å². The van der Waals surface area contributed by atoms with Gasteiger partial charge in [-0.1, -0.05) is 24.3 Å². The first-order valence-electron chi connectivity index (χ1n) is 5.24. The average molecular weight is 218 g/mol. The third-order valence-electron chi connectivity index (χ3n) is 2.21. The summed E-state index contributed by atoms with van der Waals surface area (Å²) in [5.41, 5.74) is 1.28. The predicted molar refractivity (Wildman–Crippen MR) is 63.3 cm³/mol. The molecule has 0 amide bonds. The largest absolute Gasteiger partial charge is 0.319 e. The molecular weight excluding hydrogens is 203 g/mol. The molecule has 0 aromatic heterocycles. The van der Waals surface area contributed by atoms with E-state index in [0.717, 1.165) is 13.0 Å². The molecule has 84 valence electrons. The van der Waals surface area contributed by atoms with Crippen molar-refractivity contribution < 1.29 is 4.39 Å². The van der Waals surface area contributed by atoms with E-state index in [4.69, 9.17) is 5.26 Å². The summed E-state index contributed by atoms with van der Waals surface area (Å²) in [6, 6.07) is 6.90. The third kappa shape index (κ3) is 3.84. The van der Waals surface area contributed by atoms with Gasteiger partial charge in [0, 0.05) is 5.56 Å². The molecule has 0 aliphatic carbocycles. The molecule has 16 heavy (non-hydrogen) atoms. The summed E-state index contributed by atoms with van der Waals surface area (Å²) in [5.74, 6) is -0.270. The highest BCUT2D eigenvalue weighted by atomic mass is 19.1. The standard InChI is InChI=1S/C13H15FN2/c1-16-9-3-2-4-12-6-5-11(7-8-15)10-13(12)14/h2,4-6,10,16H,3,7,9H2,1H3. The molecule has 0 atom stereocenters. The molecule has 0 heterocycles. The topological polar surface area (TPSA) is 35.8 Å². The number of hydrogen-bond donors (Lipinski definition) is 1. The van der Waals surface area contributed by atoms with Gasteiger partial charge in [-0.2, -0.15) is 5.26 Å². The van der Waals surface area contributed by atoms with E-state index >= 15 is 0 Å². The van der Waals surface area contributed by atoms with Crippen LogP contribution in [0.15, 0.2) is 24.3 Å². The van der Waals surface area contributed by atoms with E-state index < -0.39 is 0 Å². The number of nitriles is 1. The Morgan fingerprint density at radius 1 is 1.50 bits per heavy atom. The van der Waals surface area contributed by atoms with Gasteiger partial charge >= 0.3 is 0 Å². The van der Waals surface area contributed by atoms with Crippen LogP contribution in [0.3, 0.4) is 0 Å². The smallest absolute Gasteiger partial charge is 0.130 e. The molecule has 1 rings (SSSR count). The molecule has 0 radical (unpaired) electrons.